The second kappa shape index (κ2) is 7.47. The molecule has 9 nitrogen and oxygen atoms in total. The number of para-hydroxylation sites is 1. The molecule has 0 spiro atoms. The van der Waals surface area contributed by atoms with Gasteiger partial charge in [0.1, 0.15) is 0 Å². The van der Waals surface area contributed by atoms with Gasteiger partial charge in [-0.05, 0) is 24.3 Å². The highest BCUT2D eigenvalue weighted by Crippen LogP contribution is 2.25. The molecule has 3 aromatic heterocycles. The van der Waals surface area contributed by atoms with Crippen LogP contribution in [0.5, 0.6) is 0 Å². The van der Waals surface area contributed by atoms with Crippen molar-refractivity contribution in [2.75, 3.05) is 36.4 Å². The van der Waals surface area contributed by atoms with E-state index >= 15 is 0 Å². The Morgan fingerprint density at radius 1 is 1.07 bits per heavy atom. The molecule has 0 unspecified atom stereocenters. The predicted octanol–water partition coefficient (Wildman–Crippen LogP) is 3.10. The normalized spacial score (nSPS) is 14.3. The fourth-order valence-corrected chi connectivity index (χ4v) is 3.96. The van der Waals surface area contributed by atoms with E-state index in [0.717, 1.165) is 16.1 Å². The van der Waals surface area contributed by atoms with E-state index in [1.807, 2.05) is 36.4 Å². The Morgan fingerprint density at radius 2 is 1.86 bits per heavy atom. The molecule has 4 heterocycles. The molecular formula is C19H17N7O2S. The molecule has 1 aromatic carbocycles. The van der Waals surface area contributed by atoms with Crippen molar-refractivity contribution < 1.29 is 9.32 Å². The third-order valence-corrected chi connectivity index (χ3v) is 5.57. The lowest BCUT2D eigenvalue weighted by Gasteiger charge is -2.34. The second-order valence-electron chi connectivity index (χ2n) is 6.57. The van der Waals surface area contributed by atoms with Crippen LogP contribution in [-0.2, 0) is 0 Å². The third-order valence-electron chi connectivity index (χ3n) is 4.79. The van der Waals surface area contributed by atoms with Gasteiger partial charge in [-0.15, -0.1) is 0 Å². The van der Waals surface area contributed by atoms with Crippen LogP contribution >= 0.6 is 11.5 Å². The number of pyridine rings is 1. The number of amides is 2. The van der Waals surface area contributed by atoms with Gasteiger partial charge in [0.25, 0.3) is 0 Å². The molecular weight excluding hydrogens is 390 g/mol. The van der Waals surface area contributed by atoms with Gasteiger partial charge in [0, 0.05) is 55.7 Å². The van der Waals surface area contributed by atoms with Crippen molar-refractivity contribution in [2.24, 2.45) is 0 Å². The molecule has 1 N–H and O–H groups in total. The Hall–Kier alpha value is -3.53. The van der Waals surface area contributed by atoms with Crippen LogP contribution in [0.1, 0.15) is 0 Å². The molecule has 1 aliphatic rings. The van der Waals surface area contributed by atoms with Crippen molar-refractivity contribution in [1.82, 2.24) is 24.4 Å². The number of carbonyl (C=O) groups excluding carboxylic acids is 1. The van der Waals surface area contributed by atoms with Crippen LogP contribution in [0.2, 0.25) is 0 Å². The molecule has 0 bridgehead atoms. The fourth-order valence-electron chi connectivity index (χ4n) is 3.22. The lowest BCUT2D eigenvalue weighted by molar-refractivity contribution is 0.208. The Kier molecular flexibility index (Phi) is 4.53. The number of urea groups is 1. The number of rotatable bonds is 3. The molecule has 4 aromatic rings. The van der Waals surface area contributed by atoms with E-state index in [0.29, 0.717) is 43.4 Å². The topological polar surface area (TPSA) is 100 Å². The first-order valence-corrected chi connectivity index (χ1v) is 9.95. The standard InChI is InChI=1S/C19H17N7O2S/c27-18(21-17-14-3-1-2-4-15(14)28-23-17)25-9-11-26(12-10-25)19-22-16(24-29-19)13-5-7-20-8-6-13/h1-8H,9-12H2,(H,21,23,27). The van der Waals surface area contributed by atoms with Gasteiger partial charge in [0.15, 0.2) is 17.2 Å². The number of hydrogen-bond donors (Lipinski definition) is 1. The molecule has 1 aliphatic heterocycles. The lowest BCUT2D eigenvalue weighted by Crippen LogP contribution is -2.50. The van der Waals surface area contributed by atoms with Crippen molar-refractivity contribution in [1.29, 1.82) is 0 Å². The number of carbonyl (C=O) groups is 1. The van der Waals surface area contributed by atoms with Crippen LogP contribution in [0.25, 0.3) is 22.4 Å². The van der Waals surface area contributed by atoms with E-state index in [9.17, 15) is 4.79 Å². The Labute approximate surface area is 170 Å². The molecule has 0 aliphatic carbocycles. The smallest absolute Gasteiger partial charge is 0.323 e. The van der Waals surface area contributed by atoms with Crippen molar-refractivity contribution in [3.63, 3.8) is 0 Å². The molecule has 0 saturated carbocycles. The molecule has 10 heteroatoms. The molecule has 146 valence electrons. The number of piperazine rings is 1. The first kappa shape index (κ1) is 17.6. The Bertz CT molecular complexity index is 1140. The zero-order chi connectivity index (χ0) is 19.6. The average molecular weight is 407 g/mol. The van der Waals surface area contributed by atoms with E-state index in [4.69, 9.17) is 4.52 Å². The van der Waals surface area contributed by atoms with Crippen LogP contribution in [0.4, 0.5) is 15.7 Å². The summed E-state index contributed by atoms with van der Waals surface area (Å²) in [5.74, 6) is 1.14. The van der Waals surface area contributed by atoms with Crippen LogP contribution in [0.15, 0.2) is 53.3 Å². The number of aromatic nitrogens is 4. The largest absolute Gasteiger partial charge is 0.354 e. The number of hydrogen-bond acceptors (Lipinski definition) is 8. The number of fused-ring (bicyclic) bond motifs is 1. The van der Waals surface area contributed by atoms with Gasteiger partial charge < -0.3 is 14.3 Å². The molecule has 0 atom stereocenters. The highest BCUT2D eigenvalue weighted by molar-refractivity contribution is 7.09. The maximum Gasteiger partial charge on any atom is 0.323 e. The van der Waals surface area contributed by atoms with Gasteiger partial charge >= 0.3 is 6.03 Å². The monoisotopic (exact) mass is 407 g/mol. The van der Waals surface area contributed by atoms with Crippen LogP contribution in [0.3, 0.4) is 0 Å². The highest BCUT2D eigenvalue weighted by Gasteiger charge is 2.24. The van der Waals surface area contributed by atoms with Gasteiger partial charge in [-0.2, -0.15) is 9.36 Å². The van der Waals surface area contributed by atoms with Crippen molar-refractivity contribution >= 4 is 39.5 Å². The van der Waals surface area contributed by atoms with E-state index in [1.54, 1.807) is 17.3 Å². The van der Waals surface area contributed by atoms with Crippen LogP contribution in [-0.4, -0.2) is 56.6 Å². The van der Waals surface area contributed by atoms with Gasteiger partial charge in [-0.3, -0.25) is 10.3 Å². The maximum absolute atomic E-state index is 12.6. The molecule has 2 amide bonds. The lowest BCUT2D eigenvalue weighted by atomic mass is 10.2. The highest BCUT2D eigenvalue weighted by atomic mass is 32.1. The van der Waals surface area contributed by atoms with Crippen LogP contribution in [0, 0.1) is 0 Å². The summed E-state index contributed by atoms with van der Waals surface area (Å²) in [5, 5.41) is 8.46. The minimum atomic E-state index is -0.182. The number of nitrogens with zero attached hydrogens (tertiary/aromatic N) is 6. The summed E-state index contributed by atoms with van der Waals surface area (Å²) < 4.78 is 9.69. The summed E-state index contributed by atoms with van der Waals surface area (Å²) in [4.78, 5) is 25.2. The summed E-state index contributed by atoms with van der Waals surface area (Å²) in [6, 6.07) is 11.0. The molecule has 1 fully saturated rings. The second-order valence-corrected chi connectivity index (χ2v) is 7.30. The van der Waals surface area contributed by atoms with Gasteiger partial charge in [0.05, 0.1) is 5.39 Å². The maximum atomic E-state index is 12.6. The zero-order valence-electron chi connectivity index (χ0n) is 15.4. The Morgan fingerprint density at radius 3 is 2.69 bits per heavy atom. The summed E-state index contributed by atoms with van der Waals surface area (Å²) >= 11 is 1.37. The zero-order valence-corrected chi connectivity index (χ0v) is 16.2. The van der Waals surface area contributed by atoms with E-state index < -0.39 is 0 Å². The molecule has 1 saturated heterocycles. The summed E-state index contributed by atoms with van der Waals surface area (Å²) in [5.41, 5.74) is 1.59. The molecule has 29 heavy (non-hydrogen) atoms. The molecule has 0 radical (unpaired) electrons. The number of nitrogens with one attached hydrogen (secondary N) is 1. The van der Waals surface area contributed by atoms with Crippen LogP contribution < -0.4 is 10.2 Å². The minimum absolute atomic E-state index is 0.182. The minimum Gasteiger partial charge on any atom is -0.354 e. The third kappa shape index (κ3) is 3.49. The number of benzene rings is 1. The fraction of sp³-hybridized carbons (Fsp3) is 0.211. The van der Waals surface area contributed by atoms with E-state index in [2.05, 4.69) is 29.7 Å². The SMILES string of the molecule is O=C(Nc1noc2ccccc12)N1CCN(c2nc(-c3ccncc3)ns2)CC1. The van der Waals surface area contributed by atoms with E-state index in [1.165, 1.54) is 11.5 Å². The quantitative estimate of drug-likeness (QED) is 0.557. The summed E-state index contributed by atoms with van der Waals surface area (Å²) in [6.07, 6.45) is 3.46. The van der Waals surface area contributed by atoms with Crippen molar-refractivity contribution in [3.05, 3.63) is 48.8 Å². The summed E-state index contributed by atoms with van der Waals surface area (Å²) in [7, 11) is 0. The van der Waals surface area contributed by atoms with Crippen molar-refractivity contribution in [3.8, 4) is 11.4 Å². The molecule has 5 rings (SSSR count). The van der Waals surface area contributed by atoms with Crippen molar-refractivity contribution in [2.45, 2.75) is 0 Å². The van der Waals surface area contributed by atoms with Gasteiger partial charge in [-0.25, -0.2) is 4.79 Å². The van der Waals surface area contributed by atoms with Gasteiger partial charge in [-0.1, -0.05) is 17.3 Å². The average Bonchev–Trinajstić information content (AvgIpc) is 3.43. The first-order valence-electron chi connectivity index (χ1n) is 9.17. The first-order chi connectivity index (χ1) is 14.3. The number of anilines is 2. The summed E-state index contributed by atoms with van der Waals surface area (Å²) in [6.45, 7) is 2.56. The van der Waals surface area contributed by atoms with Gasteiger partial charge in [0.2, 0.25) is 5.13 Å². The van der Waals surface area contributed by atoms with E-state index in [-0.39, 0.29) is 6.03 Å². The Balaban J connectivity index is 1.21. The predicted molar refractivity (Wildman–Crippen MR) is 110 cm³/mol.